The van der Waals surface area contributed by atoms with Crippen molar-refractivity contribution in [1.29, 1.82) is 0 Å². The number of benzene rings is 1. The van der Waals surface area contributed by atoms with Gasteiger partial charge in [-0.3, -0.25) is 9.69 Å². The largest absolute Gasteiger partial charge is 0.481 e. The monoisotopic (exact) mass is 288 g/mol. The summed E-state index contributed by atoms with van der Waals surface area (Å²) in [6.45, 7) is 8.18. The number of fused-ring (bicyclic) bond motifs is 1. The van der Waals surface area contributed by atoms with E-state index in [-0.39, 0.29) is 5.92 Å². The Bertz CT molecular complexity index is 618. The first-order chi connectivity index (χ1) is 10.1. The van der Waals surface area contributed by atoms with Crippen LogP contribution in [-0.2, 0) is 17.8 Å². The molecule has 4 nitrogen and oxygen atoms in total. The predicted octanol–water partition coefficient (Wildman–Crippen LogP) is 3.27. The molecule has 1 atom stereocenters. The van der Waals surface area contributed by atoms with E-state index in [9.17, 15) is 4.79 Å². The number of carbonyl (C=O) groups is 1. The summed E-state index contributed by atoms with van der Waals surface area (Å²) in [6.07, 6.45) is 3.06. The van der Waals surface area contributed by atoms with E-state index in [1.54, 1.807) is 6.92 Å². The number of H-pyrrole nitrogens is 1. The van der Waals surface area contributed by atoms with Crippen LogP contribution in [-0.4, -0.2) is 34.0 Å². The van der Waals surface area contributed by atoms with Crippen molar-refractivity contribution in [1.82, 2.24) is 9.88 Å². The molecule has 2 N–H and O–H groups in total. The van der Waals surface area contributed by atoms with Gasteiger partial charge in [-0.1, -0.05) is 39.0 Å². The maximum atomic E-state index is 11.0. The number of hydrogen-bond acceptors (Lipinski definition) is 2. The second-order valence-corrected chi connectivity index (χ2v) is 5.57. The first-order valence-corrected chi connectivity index (χ1v) is 7.59. The zero-order valence-electron chi connectivity index (χ0n) is 13.0. The molecule has 0 saturated heterocycles. The van der Waals surface area contributed by atoms with Crippen molar-refractivity contribution in [3.63, 3.8) is 0 Å². The molecule has 21 heavy (non-hydrogen) atoms. The Kier molecular flexibility index (Phi) is 5.02. The van der Waals surface area contributed by atoms with Gasteiger partial charge in [0.2, 0.25) is 0 Å². The number of nitrogens with one attached hydrogen (secondary N) is 1. The Balaban J connectivity index is 2.20. The highest BCUT2D eigenvalue weighted by molar-refractivity contribution is 5.86. The molecule has 4 heteroatoms. The molecule has 0 aliphatic carbocycles. The van der Waals surface area contributed by atoms with Crippen LogP contribution in [0.1, 0.15) is 31.9 Å². The van der Waals surface area contributed by atoms with Crippen LogP contribution in [0.25, 0.3) is 10.9 Å². The Morgan fingerprint density at radius 2 is 2.10 bits per heavy atom. The molecule has 1 aromatic carbocycles. The standard InChI is InChI=1S/C17H24N2O2/c1-4-13-7-6-8-15-14(9-18-16(13)15)11-19(5-2)10-12(3)17(20)21/h6-9,12,18H,4-5,10-11H2,1-3H3,(H,20,21). The van der Waals surface area contributed by atoms with E-state index in [0.717, 1.165) is 19.5 Å². The molecule has 1 heterocycles. The lowest BCUT2D eigenvalue weighted by atomic mass is 10.1. The molecule has 1 aromatic heterocycles. The second kappa shape index (κ2) is 6.76. The molecule has 0 amide bonds. The quantitative estimate of drug-likeness (QED) is 0.822. The van der Waals surface area contributed by atoms with Crippen LogP contribution in [0.4, 0.5) is 0 Å². The summed E-state index contributed by atoms with van der Waals surface area (Å²) in [5.41, 5.74) is 3.76. The van der Waals surface area contributed by atoms with Gasteiger partial charge in [0.25, 0.3) is 0 Å². The van der Waals surface area contributed by atoms with Gasteiger partial charge in [-0.25, -0.2) is 0 Å². The van der Waals surface area contributed by atoms with E-state index >= 15 is 0 Å². The van der Waals surface area contributed by atoms with E-state index in [0.29, 0.717) is 6.54 Å². The van der Waals surface area contributed by atoms with Crippen LogP contribution in [0.3, 0.4) is 0 Å². The number of carboxylic acid groups (broad SMARTS) is 1. The molecular formula is C17H24N2O2. The fraction of sp³-hybridized carbons (Fsp3) is 0.471. The van der Waals surface area contributed by atoms with Crippen LogP contribution in [0.5, 0.6) is 0 Å². The first kappa shape index (κ1) is 15.6. The van der Waals surface area contributed by atoms with Gasteiger partial charge in [0, 0.05) is 30.2 Å². The van der Waals surface area contributed by atoms with E-state index in [2.05, 4.69) is 48.1 Å². The lowest BCUT2D eigenvalue weighted by Gasteiger charge is -2.22. The normalized spacial score (nSPS) is 13.0. The fourth-order valence-corrected chi connectivity index (χ4v) is 2.71. The van der Waals surface area contributed by atoms with E-state index in [1.807, 2.05) is 0 Å². The number of aryl methyl sites for hydroxylation is 1. The third-order valence-corrected chi connectivity index (χ3v) is 4.06. The third-order valence-electron chi connectivity index (χ3n) is 4.06. The van der Waals surface area contributed by atoms with Gasteiger partial charge >= 0.3 is 5.97 Å². The minimum Gasteiger partial charge on any atom is -0.481 e. The lowest BCUT2D eigenvalue weighted by molar-refractivity contribution is -0.141. The van der Waals surface area contributed by atoms with E-state index in [4.69, 9.17) is 5.11 Å². The number of aliphatic carboxylic acids is 1. The first-order valence-electron chi connectivity index (χ1n) is 7.59. The number of carboxylic acids is 1. The van der Waals surface area contributed by atoms with Gasteiger partial charge in [0.1, 0.15) is 0 Å². The number of aromatic nitrogens is 1. The molecule has 0 fully saturated rings. The Morgan fingerprint density at radius 1 is 1.33 bits per heavy atom. The van der Waals surface area contributed by atoms with Crippen LogP contribution in [0, 0.1) is 5.92 Å². The van der Waals surface area contributed by atoms with E-state index in [1.165, 1.54) is 22.0 Å². The molecule has 0 saturated carbocycles. The van der Waals surface area contributed by atoms with Crippen LogP contribution in [0.15, 0.2) is 24.4 Å². The third kappa shape index (κ3) is 3.45. The summed E-state index contributed by atoms with van der Waals surface area (Å²) in [7, 11) is 0. The summed E-state index contributed by atoms with van der Waals surface area (Å²) >= 11 is 0. The van der Waals surface area contributed by atoms with Crippen molar-refractivity contribution < 1.29 is 9.90 Å². The maximum absolute atomic E-state index is 11.0. The van der Waals surface area contributed by atoms with Crippen LogP contribution in [0.2, 0.25) is 0 Å². The van der Waals surface area contributed by atoms with Crippen molar-refractivity contribution in [3.05, 3.63) is 35.5 Å². The highest BCUT2D eigenvalue weighted by atomic mass is 16.4. The minimum absolute atomic E-state index is 0.346. The van der Waals surface area contributed by atoms with Gasteiger partial charge in [0.05, 0.1) is 5.92 Å². The summed E-state index contributed by atoms with van der Waals surface area (Å²) in [6, 6.07) is 6.37. The van der Waals surface area contributed by atoms with Gasteiger partial charge in [0.15, 0.2) is 0 Å². The zero-order valence-corrected chi connectivity index (χ0v) is 13.0. The molecule has 2 aromatic rings. The van der Waals surface area contributed by atoms with Crippen molar-refractivity contribution >= 4 is 16.9 Å². The summed E-state index contributed by atoms with van der Waals surface area (Å²) < 4.78 is 0. The van der Waals surface area contributed by atoms with Gasteiger partial charge in [-0.2, -0.15) is 0 Å². The zero-order chi connectivity index (χ0) is 15.4. The van der Waals surface area contributed by atoms with Crippen molar-refractivity contribution in [2.75, 3.05) is 13.1 Å². The summed E-state index contributed by atoms with van der Waals surface area (Å²) in [5, 5.41) is 10.3. The average molecular weight is 288 g/mol. The smallest absolute Gasteiger partial charge is 0.307 e. The van der Waals surface area contributed by atoms with E-state index < -0.39 is 5.97 Å². The molecule has 0 aliphatic heterocycles. The number of hydrogen-bond donors (Lipinski definition) is 2. The lowest BCUT2D eigenvalue weighted by Crippen LogP contribution is -2.31. The van der Waals surface area contributed by atoms with Crippen molar-refractivity contribution in [3.8, 4) is 0 Å². The van der Waals surface area contributed by atoms with Crippen LogP contribution < -0.4 is 0 Å². The molecule has 0 radical (unpaired) electrons. The highest BCUT2D eigenvalue weighted by Gasteiger charge is 2.16. The van der Waals surface area contributed by atoms with Gasteiger partial charge in [-0.05, 0) is 24.1 Å². The number of para-hydroxylation sites is 1. The van der Waals surface area contributed by atoms with Gasteiger partial charge < -0.3 is 10.1 Å². The Hall–Kier alpha value is -1.81. The number of aromatic amines is 1. The highest BCUT2D eigenvalue weighted by Crippen LogP contribution is 2.23. The topological polar surface area (TPSA) is 56.3 Å². The Labute approximate surface area is 125 Å². The Morgan fingerprint density at radius 3 is 2.71 bits per heavy atom. The summed E-state index contributed by atoms with van der Waals surface area (Å²) in [5.74, 6) is -1.08. The van der Waals surface area contributed by atoms with Crippen molar-refractivity contribution in [2.24, 2.45) is 5.92 Å². The summed E-state index contributed by atoms with van der Waals surface area (Å²) in [4.78, 5) is 16.6. The van der Waals surface area contributed by atoms with Gasteiger partial charge in [-0.15, -0.1) is 0 Å². The number of nitrogens with zero attached hydrogens (tertiary/aromatic N) is 1. The molecule has 0 aliphatic rings. The fourth-order valence-electron chi connectivity index (χ4n) is 2.71. The average Bonchev–Trinajstić information content (AvgIpc) is 2.89. The molecule has 1 unspecified atom stereocenters. The molecule has 114 valence electrons. The predicted molar refractivity (Wildman–Crippen MR) is 85.4 cm³/mol. The number of rotatable bonds is 7. The van der Waals surface area contributed by atoms with Crippen LogP contribution >= 0.6 is 0 Å². The molecule has 0 spiro atoms. The molecule has 2 rings (SSSR count). The molecule has 0 bridgehead atoms. The molecular weight excluding hydrogens is 264 g/mol. The van der Waals surface area contributed by atoms with Crippen molar-refractivity contribution in [2.45, 2.75) is 33.7 Å². The SMILES string of the molecule is CCc1cccc2c(CN(CC)CC(C)C(=O)O)c[nH]c12. The minimum atomic E-state index is -0.736. The maximum Gasteiger partial charge on any atom is 0.307 e. The second-order valence-electron chi connectivity index (χ2n) is 5.57.